The Morgan fingerprint density at radius 1 is 1.19 bits per heavy atom. The van der Waals surface area contributed by atoms with Crippen LogP contribution in [0.5, 0.6) is 0 Å². The maximum Gasteiger partial charge on any atom is 0.238 e. The Labute approximate surface area is 125 Å². The van der Waals surface area contributed by atoms with Crippen molar-refractivity contribution in [2.45, 2.75) is 13.8 Å². The average Bonchev–Trinajstić information content (AvgIpc) is 2.44. The van der Waals surface area contributed by atoms with Crippen molar-refractivity contribution in [3.8, 4) is 0 Å². The molecule has 116 valence electrons. The molecule has 1 aromatic rings. The van der Waals surface area contributed by atoms with Crippen molar-refractivity contribution in [2.24, 2.45) is 5.92 Å². The number of anilines is 2. The van der Waals surface area contributed by atoms with Crippen molar-refractivity contribution in [1.82, 2.24) is 5.32 Å². The van der Waals surface area contributed by atoms with Gasteiger partial charge in [0, 0.05) is 30.9 Å². The highest BCUT2D eigenvalue weighted by Gasteiger charge is 2.08. The first-order valence-electron chi connectivity index (χ1n) is 6.93. The van der Waals surface area contributed by atoms with Crippen LogP contribution in [-0.2, 0) is 14.3 Å². The Kier molecular flexibility index (Phi) is 7.42. The standard InChI is InChI=1S/C15H23N3O3/c1-11(2)15(20)18-13-6-4-5-12(9-13)17-14(19)10-16-7-8-21-3/h4-6,9,11,16H,7-8,10H2,1-3H3,(H,17,19)(H,18,20). The van der Waals surface area contributed by atoms with E-state index in [1.165, 1.54) is 0 Å². The zero-order chi connectivity index (χ0) is 15.7. The first-order chi connectivity index (χ1) is 10.0. The summed E-state index contributed by atoms with van der Waals surface area (Å²) in [5.74, 6) is -0.286. The first kappa shape index (κ1) is 17.1. The fourth-order valence-corrected chi connectivity index (χ4v) is 1.54. The van der Waals surface area contributed by atoms with Crippen molar-refractivity contribution in [3.05, 3.63) is 24.3 Å². The number of carbonyl (C=O) groups excluding carboxylic acids is 2. The summed E-state index contributed by atoms with van der Waals surface area (Å²) in [6, 6.07) is 7.07. The lowest BCUT2D eigenvalue weighted by molar-refractivity contribution is -0.119. The van der Waals surface area contributed by atoms with Crippen LogP contribution in [0.4, 0.5) is 11.4 Å². The van der Waals surface area contributed by atoms with E-state index < -0.39 is 0 Å². The number of hydrogen-bond acceptors (Lipinski definition) is 4. The summed E-state index contributed by atoms with van der Waals surface area (Å²) >= 11 is 0. The molecule has 0 aliphatic heterocycles. The van der Waals surface area contributed by atoms with Gasteiger partial charge in [0.1, 0.15) is 0 Å². The summed E-state index contributed by atoms with van der Waals surface area (Å²) in [5.41, 5.74) is 1.31. The van der Waals surface area contributed by atoms with Gasteiger partial charge in [-0.1, -0.05) is 19.9 Å². The molecular formula is C15H23N3O3. The summed E-state index contributed by atoms with van der Waals surface area (Å²) in [4.78, 5) is 23.3. The fourth-order valence-electron chi connectivity index (χ4n) is 1.54. The van der Waals surface area contributed by atoms with Gasteiger partial charge < -0.3 is 20.7 Å². The van der Waals surface area contributed by atoms with Crippen LogP contribution in [0.1, 0.15) is 13.8 Å². The summed E-state index contributed by atoms with van der Waals surface area (Å²) in [5, 5.41) is 8.52. The predicted molar refractivity (Wildman–Crippen MR) is 83.3 cm³/mol. The van der Waals surface area contributed by atoms with Crippen LogP contribution >= 0.6 is 0 Å². The van der Waals surface area contributed by atoms with E-state index >= 15 is 0 Å². The van der Waals surface area contributed by atoms with Crippen LogP contribution in [0.25, 0.3) is 0 Å². The van der Waals surface area contributed by atoms with E-state index in [-0.39, 0.29) is 24.3 Å². The predicted octanol–water partition coefficient (Wildman–Crippen LogP) is 1.46. The first-order valence-corrected chi connectivity index (χ1v) is 6.93. The van der Waals surface area contributed by atoms with Crippen molar-refractivity contribution in [1.29, 1.82) is 0 Å². The minimum absolute atomic E-state index is 0.0558. The van der Waals surface area contributed by atoms with Crippen LogP contribution in [0, 0.1) is 5.92 Å². The Hall–Kier alpha value is -1.92. The lowest BCUT2D eigenvalue weighted by atomic mass is 10.2. The highest BCUT2D eigenvalue weighted by molar-refractivity contribution is 5.95. The van der Waals surface area contributed by atoms with Crippen molar-refractivity contribution >= 4 is 23.2 Å². The summed E-state index contributed by atoms with van der Waals surface area (Å²) in [7, 11) is 1.61. The summed E-state index contributed by atoms with van der Waals surface area (Å²) < 4.78 is 4.88. The van der Waals surface area contributed by atoms with E-state index in [0.29, 0.717) is 24.5 Å². The highest BCUT2D eigenvalue weighted by atomic mass is 16.5. The molecule has 21 heavy (non-hydrogen) atoms. The Morgan fingerprint density at radius 2 is 1.86 bits per heavy atom. The van der Waals surface area contributed by atoms with E-state index in [2.05, 4.69) is 16.0 Å². The van der Waals surface area contributed by atoms with Gasteiger partial charge >= 0.3 is 0 Å². The number of hydrogen-bond donors (Lipinski definition) is 3. The molecule has 1 rings (SSSR count). The topological polar surface area (TPSA) is 79.5 Å². The third-order valence-corrected chi connectivity index (χ3v) is 2.71. The van der Waals surface area contributed by atoms with Gasteiger partial charge in [0.05, 0.1) is 13.2 Å². The molecule has 1 aromatic carbocycles. The monoisotopic (exact) mass is 293 g/mol. The Morgan fingerprint density at radius 3 is 2.48 bits per heavy atom. The number of nitrogens with one attached hydrogen (secondary N) is 3. The third kappa shape index (κ3) is 6.87. The molecule has 0 aromatic heterocycles. The molecule has 0 aliphatic carbocycles. The van der Waals surface area contributed by atoms with Crippen LogP contribution in [0.15, 0.2) is 24.3 Å². The molecule has 0 fully saturated rings. The highest BCUT2D eigenvalue weighted by Crippen LogP contribution is 2.15. The molecule has 0 radical (unpaired) electrons. The van der Waals surface area contributed by atoms with E-state index in [4.69, 9.17) is 4.74 Å². The molecule has 0 spiro atoms. The summed E-state index contributed by atoms with van der Waals surface area (Å²) in [6.07, 6.45) is 0. The average molecular weight is 293 g/mol. The zero-order valence-corrected chi connectivity index (χ0v) is 12.7. The quantitative estimate of drug-likeness (QED) is 0.634. The molecule has 6 nitrogen and oxygen atoms in total. The van der Waals surface area contributed by atoms with E-state index in [0.717, 1.165) is 0 Å². The smallest absolute Gasteiger partial charge is 0.238 e. The molecule has 0 atom stereocenters. The van der Waals surface area contributed by atoms with Gasteiger partial charge in [-0.15, -0.1) is 0 Å². The molecule has 0 saturated carbocycles. The molecule has 6 heteroatoms. The van der Waals surface area contributed by atoms with Crippen molar-refractivity contribution in [3.63, 3.8) is 0 Å². The number of methoxy groups -OCH3 is 1. The molecular weight excluding hydrogens is 270 g/mol. The molecule has 0 bridgehead atoms. The van der Waals surface area contributed by atoms with Crippen LogP contribution < -0.4 is 16.0 Å². The van der Waals surface area contributed by atoms with Crippen LogP contribution in [-0.4, -0.2) is 38.6 Å². The number of carbonyl (C=O) groups is 2. The van der Waals surface area contributed by atoms with Gasteiger partial charge in [-0.2, -0.15) is 0 Å². The number of rotatable bonds is 8. The zero-order valence-electron chi connectivity index (χ0n) is 12.7. The van der Waals surface area contributed by atoms with Crippen LogP contribution in [0.2, 0.25) is 0 Å². The van der Waals surface area contributed by atoms with E-state index in [9.17, 15) is 9.59 Å². The van der Waals surface area contributed by atoms with E-state index in [1.807, 2.05) is 13.8 Å². The second-order valence-electron chi connectivity index (χ2n) is 4.94. The second-order valence-corrected chi connectivity index (χ2v) is 4.94. The number of ether oxygens (including phenoxy) is 1. The van der Waals surface area contributed by atoms with Crippen LogP contribution in [0.3, 0.4) is 0 Å². The SMILES string of the molecule is COCCNCC(=O)Nc1cccc(NC(=O)C(C)C)c1. The van der Waals surface area contributed by atoms with Gasteiger partial charge in [0.25, 0.3) is 0 Å². The largest absolute Gasteiger partial charge is 0.383 e. The minimum Gasteiger partial charge on any atom is -0.383 e. The van der Waals surface area contributed by atoms with Gasteiger partial charge in [-0.05, 0) is 18.2 Å². The summed E-state index contributed by atoms with van der Waals surface area (Å²) in [6.45, 7) is 5.05. The third-order valence-electron chi connectivity index (χ3n) is 2.71. The van der Waals surface area contributed by atoms with Gasteiger partial charge in [0.15, 0.2) is 0 Å². The maximum atomic E-state index is 11.7. The van der Waals surface area contributed by atoms with Gasteiger partial charge in [-0.25, -0.2) is 0 Å². The Bertz CT molecular complexity index is 475. The molecule has 2 amide bonds. The fraction of sp³-hybridized carbons (Fsp3) is 0.467. The number of amides is 2. The lowest BCUT2D eigenvalue weighted by Gasteiger charge is -2.10. The minimum atomic E-state index is -0.140. The Balaban J connectivity index is 2.48. The number of benzene rings is 1. The van der Waals surface area contributed by atoms with Crippen molar-refractivity contribution in [2.75, 3.05) is 37.4 Å². The normalized spacial score (nSPS) is 10.5. The molecule has 0 saturated heterocycles. The lowest BCUT2D eigenvalue weighted by Crippen LogP contribution is -2.30. The van der Waals surface area contributed by atoms with Gasteiger partial charge in [0.2, 0.25) is 11.8 Å². The second kappa shape index (κ2) is 9.10. The molecule has 3 N–H and O–H groups in total. The molecule has 0 heterocycles. The maximum absolute atomic E-state index is 11.7. The molecule has 0 aliphatic rings. The van der Waals surface area contributed by atoms with Gasteiger partial charge in [-0.3, -0.25) is 9.59 Å². The molecule has 0 unspecified atom stereocenters. The van der Waals surface area contributed by atoms with Crippen molar-refractivity contribution < 1.29 is 14.3 Å². The van der Waals surface area contributed by atoms with E-state index in [1.54, 1.807) is 31.4 Å².